The molecule has 148 valence electrons. The third-order valence-corrected chi connectivity index (χ3v) is 5.01. The molecule has 3 heterocycles. The summed E-state index contributed by atoms with van der Waals surface area (Å²) in [5.41, 5.74) is 1.98. The molecule has 1 saturated heterocycles. The molecule has 2 amide bonds. The number of rotatable bonds is 5. The van der Waals surface area contributed by atoms with Gasteiger partial charge in [0.1, 0.15) is 6.61 Å². The molecule has 0 bridgehead atoms. The number of cyclic esters (lactones) is 1. The van der Waals surface area contributed by atoms with E-state index in [1.807, 2.05) is 0 Å². The maximum Gasteiger partial charge on any atom is 0.338 e. The Balaban J connectivity index is 1.38. The van der Waals surface area contributed by atoms with E-state index >= 15 is 0 Å². The zero-order valence-corrected chi connectivity index (χ0v) is 15.6. The van der Waals surface area contributed by atoms with Crippen molar-refractivity contribution in [2.45, 2.75) is 31.8 Å². The molecule has 9 nitrogen and oxygen atoms in total. The second-order valence-corrected chi connectivity index (χ2v) is 6.96. The lowest BCUT2D eigenvalue weighted by molar-refractivity contribution is 0.0535. The maximum atomic E-state index is 12.7. The zero-order chi connectivity index (χ0) is 19.5. The lowest BCUT2D eigenvalue weighted by Crippen LogP contribution is -2.41. The fourth-order valence-electron chi connectivity index (χ4n) is 3.50. The van der Waals surface area contributed by atoms with Crippen LogP contribution in [0.25, 0.3) is 0 Å². The highest BCUT2D eigenvalue weighted by Gasteiger charge is 2.29. The first kappa shape index (κ1) is 18.4. The summed E-state index contributed by atoms with van der Waals surface area (Å²) in [6.07, 6.45) is 2.36. The molecule has 0 unspecified atom stereocenters. The summed E-state index contributed by atoms with van der Waals surface area (Å²) in [5.74, 6) is 0.885. The maximum absolute atomic E-state index is 12.7. The molecule has 1 N–H and O–H groups in total. The van der Waals surface area contributed by atoms with Crippen molar-refractivity contribution >= 4 is 17.7 Å². The summed E-state index contributed by atoms with van der Waals surface area (Å²) >= 11 is 0. The highest BCUT2D eigenvalue weighted by Crippen LogP contribution is 2.27. The summed E-state index contributed by atoms with van der Waals surface area (Å²) < 4.78 is 15.4. The van der Waals surface area contributed by atoms with Gasteiger partial charge >= 0.3 is 12.0 Å². The van der Waals surface area contributed by atoms with Gasteiger partial charge in [-0.15, -0.1) is 0 Å². The Labute approximate surface area is 162 Å². The number of ether oxygens (including phenoxy) is 2. The number of carbonyl (C=O) groups is 2. The predicted octanol–water partition coefficient (Wildman–Crippen LogP) is 2.34. The van der Waals surface area contributed by atoms with E-state index in [0.717, 1.165) is 18.4 Å². The fraction of sp³-hybridized carbons (Fsp3) is 0.474. The average Bonchev–Trinajstić information content (AvgIpc) is 3.33. The summed E-state index contributed by atoms with van der Waals surface area (Å²) in [6, 6.07) is 4.98. The molecule has 1 atom stereocenters. The first-order chi connectivity index (χ1) is 13.6. The number of likely N-dealkylation sites (tertiary alicyclic amines) is 1. The summed E-state index contributed by atoms with van der Waals surface area (Å²) in [4.78, 5) is 30.4. The number of nitrogens with zero attached hydrogens (tertiary/aromatic N) is 3. The number of aromatic nitrogens is 2. The largest absolute Gasteiger partial charge is 0.457 e. The van der Waals surface area contributed by atoms with Gasteiger partial charge in [0.25, 0.3) is 0 Å². The summed E-state index contributed by atoms with van der Waals surface area (Å²) in [5, 5.41) is 6.88. The van der Waals surface area contributed by atoms with E-state index in [2.05, 4.69) is 15.5 Å². The quantitative estimate of drug-likeness (QED) is 0.786. The number of benzene rings is 1. The number of amides is 2. The SMILES string of the molecule is COCCc1noc([C@H]2CCCN(C(=O)Nc3ccc4c(c3)COC4=O)C2)n1. The molecule has 0 spiro atoms. The number of anilines is 1. The minimum absolute atomic E-state index is 0.0225. The Hall–Kier alpha value is -2.94. The molecule has 0 aliphatic carbocycles. The Morgan fingerprint density at radius 2 is 2.32 bits per heavy atom. The zero-order valence-electron chi connectivity index (χ0n) is 15.6. The second-order valence-electron chi connectivity index (χ2n) is 6.96. The van der Waals surface area contributed by atoms with Crippen molar-refractivity contribution in [3.05, 3.63) is 41.0 Å². The summed E-state index contributed by atoms with van der Waals surface area (Å²) in [6.45, 7) is 1.96. The molecule has 4 rings (SSSR count). The number of nitrogens with one attached hydrogen (secondary N) is 1. The van der Waals surface area contributed by atoms with Gasteiger partial charge in [-0.3, -0.25) is 0 Å². The van der Waals surface area contributed by atoms with Crippen molar-refractivity contribution in [2.24, 2.45) is 0 Å². The van der Waals surface area contributed by atoms with Gasteiger partial charge in [0.15, 0.2) is 5.82 Å². The van der Waals surface area contributed by atoms with Gasteiger partial charge in [0.2, 0.25) is 5.89 Å². The van der Waals surface area contributed by atoms with Gasteiger partial charge < -0.3 is 24.2 Å². The van der Waals surface area contributed by atoms with Crippen LogP contribution in [0, 0.1) is 0 Å². The van der Waals surface area contributed by atoms with E-state index in [-0.39, 0.29) is 24.5 Å². The normalized spacial score (nSPS) is 18.7. The van der Waals surface area contributed by atoms with Gasteiger partial charge in [-0.25, -0.2) is 9.59 Å². The lowest BCUT2D eigenvalue weighted by Gasteiger charge is -2.31. The van der Waals surface area contributed by atoms with Crippen LogP contribution in [0.5, 0.6) is 0 Å². The van der Waals surface area contributed by atoms with Crippen LogP contribution in [0.2, 0.25) is 0 Å². The van der Waals surface area contributed by atoms with Crippen molar-refractivity contribution < 1.29 is 23.6 Å². The van der Waals surface area contributed by atoms with Crippen LogP contribution < -0.4 is 5.32 Å². The van der Waals surface area contributed by atoms with Crippen LogP contribution >= 0.6 is 0 Å². The van der Waals surface area contributed by atoms with Crippen molar-refractivity contribution in [1.82, 2.24) is 15.0 Å². The van der Waals surface area contributed by atoms with Gasteiger partial charge in [0, 0.05) is 37.9 Å². The topological polar surface area (TPSA) is 107 Å². The van der Waals surface area contributed by atoms with Crippen molar-refractivity contribution in [1.29, 1.82) is 0 Å². The van der Waals surface area contributed by atoms with Gasteiger partial charge in [-0.2, -0.15) is 4.98 Å². The van der Waals surface area contributed by atoms with E-state index in [4.69, 9.17) is 14.0 Å². The highest BCUT2D eigenvalue weighted by atomic mass is 16.5. The molecule has 1 aromatic carbocycles. The van der Waals surface area contributed by atoms with Gasteiger partial charge in [-0.1, -0.05) is 5.16 Å². The third kappa shape index (κ3) is 3.84. The Morgan fingerprint density at radius 3 is 3.18 bits per heavy atom. The molecule has 2 aromatic rings. The van der Waals surface area contributed by atoms with Crippen molar-refractivity contribution in [3.8, 4) is 0 Å². The van der Waals surface area contributed by atoms with Crippen LogP contribution in [0.3, 0.4) is 0 Å². The predicted molar refractivity (Wildman–Crippen MR) is 98.0 cm³/mol. The number of hydrogen-bond donors (Lipinski definition) is 1. The Morgan fingerprint density at radius 1 is 1.43 bits per heavy atom. The molecule has 0 radical (unpaired) electrons. The molecule has 0 saturated carbocycles. The van der Waals surface area contributed by atoms with Crippen LogP contribution in [0.1, 0.15) is 46.4 Å². The molecule has 2 aliphatic rings. The molecule has 28 heavy (non-hydrogen) atoms. The summed E-state index contributed by atoms with van der Waals surface area (Å²) in [7, 11) is 1.63. The van der Waals surface area contributed by atoms with E-state index in [9.17, 15) is 9.59 Å². The van der Waals surface area contributed by atoms with Gasteiger partial charge in [-0.05, 0) is 31.0 Å². The van der Waals surface area contributed by atoms with Gasteiger partial charge in [0.05, 0.1) is 18.1 Å². The number of urea groups is 1. The van der Waals surface area contributed by atoms with Crippen molar-refractivity contribution in [2.75, 3.05) is 32.1 Å². The number of methoxy groups -OCH3 is 1. The number of fused-ring (bicyclic) bond motifs is 1. The molecule has 2 aliphatic heterocycles. The molecular weight excluding hydrogens is 364 g/mol. The molecule has 1 fully saturated rings. The Bertz CT molecular complexity index is 881. The first-order valence-corrected chi connectivity index (χ1v) is 9.31. The molecule has 1 aromatic heterocycles. The number of carbonyl (C=O) groups excluding carboxylic acids is 2. The molecule has 9 heteroatoms. The molecular formula is C19H22N4O5. The average molecular weight is 386 g/mol. The third-order valence-electron chi connectivity index (χ3n) is 5.01. The smallest absolute Gasteiger partial charge is 0.338 e. The van der Waals surface area contributed by atoms with Crippen LogP contribution in [0.15, 0.2) is 22.7 Å². The number of hydrogen-bond acceptors (Lipinski definition) is 7. The number of esters is 1. The van der Waals surface area contributed by atoms with Crippen LogP contribution in [-0.2, 0) is 22.5 Å². The fourth-order valence-corrected chi connectivity index (χ4v) is 3.50. The van der Waals surface area contributed by atoms with E-state index in [1.165, 1.54) is 0 Å². The van der Waals surface area contributed by atoms with Crippen molar-refractivity contribution in [3.63, 3.8) is 0 Å². The lowest BCUT2D eigenvalue weighted by atomic mass is 9.98. The van der Waals surface area contributed by atoms with E-state index in [0.29, 0.717) is 49.1 Å². The first-order valence-electron chi connectivity index (χ1n) is 9.31. The second kappa shape index (κ2) is 7.97. The van der Waals surface area contributed by atoms with E-state index in [1.54, 1.807) is 30.2 Å². The number of piperidine rings is 1. The Kier molecular flexibility index (Phi) is 5.25. The van der Waals surface area contributed by atoms with E-state index < -0.39 is 0 Å². The monoisotopic (exact) mass is 386 g/mol. The minimum atomic E-state index is -0.323. The van der Waals surface area contributed by atoms with Crippen LogP contribution in [-0.4, -0.2) is 53.8 Å². The standard InChI is InChI=1S/C19H22N4O5/c1-26-8-6-16-21-17(28-22-16)12-3-2-7-23(10-12)19(25)20-14-4-5-15-13(9-14)11-27-18(15)24/h4-5,9,12H,2-3,6-8,10-11H2,1H3,(H,20,25)/t12-/m0/s1. The van der Waals surface area contributed by atoms with Crippen LogP contribution in [0.4, 0.5) is 10.5 Å². The minimum Gasteiger partial charge on any atom is -0.457 e. The highest BCUT2D eigenvalue weighted by molar-refractivity contribution is 5.95.